The second kappa shape index (κ2) is 8.15. The molecule has 0 amide bonds. The van der Waals surface area contributed by atoms with Gasteiger partial charge in [-0.1, -0.05) is 60.2 Å². The molecule has 130 valence electrons. The number of ether oxygens (including phenoxy) is 1. The fourth-order valence-corrected chi connectivity index (χ4v) is 3.29. The molecule has 0 aliphatic rings. The van der Waals surface area contributed by atoms with Crippen LogP contribution in [0, 0.1) is 6.92 Å². The molecule has 0 aliphatic carbocycles. The first-order chi connectivity index (χ1) is 12.2. The Kier molecular flexibility index (Phi) is 5.69. The molecule has 0 heterocycles. The molecule has 3 aromatic rings. The van der Waals surface area contributed by atoms with Crippen LogP contribution in [0.4, 0.5) is 0 Å². The van der Waals surface area contributed by atoms with Crippen molar-refractivity contribution in [1.82, 2.24) is 5.32 Å². The third kappa shape index (κ3) is 4.01. The van der Waals surface area contributed by atoms with Gasteiger partial charge in [0.1, 0.15) is 5.75 Å². The van der Waals surface area contributed by atoms with Crippen LogP contribution in [0.25, 0.3) is 10.8 Å². The van der Waals surface area contributed by atoms with Gasteiger partial charge in [-0.3, -0.25) is 0 Å². The molecule has 2 N–H and O–H groups in total. The van der Waals surface area contributed by atoms with Crippen LogP contribution in [0.5, 0.6) is 5.75 Å². The number of aryl methyl sites for hydroxylation is 1. The van der Waals surface area contributed by atoms with Gasteiger partial charge >= 0.3 is 0 Å². The molecular formula is C22H25NO2. The molecule has 3 aromatic carbocycles. The van der Waals surface area contributed by atoms with Crippen LogP contribution in [0.2, 0.25) is 0 Å². The number of aliphatic hydroxyl groups excluding tert-OH is 1. The maximum Gasteiger partial charge on any atom is 0.124 e. The zero-order valence-electron chi connectivity index (χ0n) is 14.8. The van der Waals surface area contributed by atoms with Crippen LogP contribution in [0.1, 0.15) is 22.7 Å². The van der Waals surface area contributed by atoms with E-state index in [-0.39, 0.29) is 12.6 Å². The average molecular weight is 335 g/mol. The van der Waals surface area contributed by atoms with E-state index in [2.05, 4.69) is 66.8 Å². The summed E-state index contributed by atoms with van der Waals surface area (Å²) in [5.74, 6) is 0.876. The number of rotatable bonds is 7. The SMILES string of the molecule is COc1ccc2ccccc2c1C(Cc1ccc(C)cc1)NCCO. The van der Waals surface area contributed by atoms with Gasteiger partial charge in [-0.25, -0.2) is 0 Å². The molecule has 0 spiro atoms. The van der Waals surface area contributed by atoms with E-state index >= 15 is 0 Å². The van der Waals surface area contributed by atoms with Gasteiger partial charge in [-0.05, 0) is 35.7 Å². The summed E-state index contributed by atoms with van der Waals surface area (Å²) in [5, 5.41) is 15.2. The van der Waals surface area contributed by atoms with E-state index in [0.717, 1.165) is 17.7 Å². The minimum Gasteiger partial charge on any atom is -0.496 e. The van der Waals surface area contributed by atoms with Gasteiger partial charge in [0, 0.05) is 18.2 Å². The first kappa shape index (κ1) is 17.5. The number of fused-ring (bicyclic) bond motifs is 1. The molecule has 0 aromatic heterocycles. The Bertz CT molecular complexity index is 827. The number of aliphatic hydroxyl groups is 1. The summed E-state index contributed by atoms with van der Waals surface area (Å²) in [7, 11) is 1.71. The molecule has 3 heteroatoms. The molecule has 0 radical (unpaired) electrons. The minimum atomic E-state index is 0.0657. The van der Waals surface area contributed by atoms with Crippen molar-refractivity contribution in [2.24, 2.45) is 0 Å². The van der Waals surface area contributed by atoms with E-state index in [4.69, 9.17) is 4.74 Å². The first-order valence-electron chi connectivity index (χ1n) is 8.68. The fraction of sp³-hybridized carbons (Fsp3) is 0.273. The molecule has 3 rings (SSSR count). The quantitative estimate of drug-likeness (QED) is 0.685. The molecule has 25 heavy (non-hydrogen) atoms. The number of nitrogens with one attached hydrogen (secondary N) is 1. The summed E-state index contributed by atoms with van der Waals surface area (Å²) in [4.78, 5) is 0. The zero-order valence-corrected chi connectivity index (χ0v) is 14.8. The summed E-state index contributed by atoms with van der Waals surface area (Å²) in [5.41, 5.74) is 3.66. The van der Waals surface area contributed by atoms with Gasteiger partial charge in [0.25, 0.3) is 0 Å². The second-order valence-electron chi connectivity index (χ2n) is 6.32. The fourth-order valence-electron chi connectivity index (χ4n) is 3.29. The summed E-state index contributed by atoms with van der Waals surface area (Å²) in [6, 6.07) is 21.2. The Morgan fingerprint density at radius 3 is 2.48 bits per heavy atom. The summed E-state index contributed by atoms with van der Waals surface area (Å²) in [6.07, 6.45) is 0.838. The molecule has 0 saturated heterocycles. The molecule has 3 nitrogen and oxygen atoms in total. The normalized spacial score (nSPS) is 12.3. The lowest BCUT2D eigenvalue weighted by molar-refractivity contribution is 0.283. The molecule has 0 fully saturated rings. The second-order valence-corrected chi connectivity index (χ2v) is 6.32. The maximum absolute atomic E-state index is 9.31. The van der Waals surface area contributed by atoms with E-state index in [0.29, 0.717) is 6.54 Å². The number of methoxy groups -OCH3 is 1. The lowest BCUT2D eigenvalue weighted by atomic mass is 9.92. The van der Waals surface area contributed by atoms with Crippen LogP contribution in [-0.2, 0) is 6.42 Å². The van der Waals surface area contributed by atoms with Crippen LogP contribution in [-0.4, -0.2) is 25.4 Å². The van der Waals surface area contributed by atoms with Crippen LogP contribution in [0.3, 0.4) is 0 Å². The summed E-state index contributed by atoms with van der Waals surface area (Å²) >= 11 is 0. The Hall–Kier alpha value is -2.36. The van der Waals surface area contributed by atoms with E-state index in [1.807, 2.05) is 6.07 Å². The van der Waals surface area contributed by atoms with Gasteiger partial charge in [0.2, 0.25) is 0 Å². The van der Waals surface area contributed by atoms with Crippen molar-refractivity contribution < 1.29 is 9.84 Å². The molecule has 1 atom stereocenters. The van der Waals surface area contributed by atoms with E-state index in [1.165, 1.54) is 21.9 Å². The largest absolute Gasteiger partial charge is 0.496 e. The highest BCUT2D eigenvalue weighted by Crippen LogP contribution is 2.34. The predicted molar refractivity (Wildman–Crippen MR) is 103 cm³/mol. The number of hydrogen-bond acceptors (Lipinski definition) is 3. The highest BCUT2D eigenvalue weighted by Gasteiger charge is 2.19. The Morgan fingerprint density at radius 1 is 1.00 bits per heavy atom. The Labute approximate surface area is 149 Å². The van der Waals surface area contributed by atoms with Gasteiger partial charge in [0.05, 0.1) is 13.7 Å². The van der Waals surface area contributed by atoms with Crippen molar-refractivity contribution in [3.8, 4) is 5.75 Å². The van der Waals surface area contributed by atoms with Crippen LogP contribution < -0.4 is 10.1 Å². The predicted octanol–water partition coefficient (Wildman–Crippen LogP) is 4.02. The standard InChI is InChI=1S/C22H25NO2/c1-16-7-9-17(10-8-16)15-20(23-13-14-24)22-19-6-4-3-5-18(19)11-12-21(22)25-2/h3-12,20,23-24H,13-15H2,1-2H3. The maximum atomic E-state index is 9.31. The van der Waals surface area contributed by atoms with Crippen molar-refractivity contribution >= 4 is 10.8 Å². The summed E-state index contributed by atoms with van der Waals surface area (Å²) < 4.78 is 5.67. The van der Waals surface area contributed by atoms with Crippen LogP contribution in [0.15, 0.2) is 60.7 Å². The molecule has 1 unspecified atom stereocenters. The Morgan fingerprint density at radius 2 is 1.76 bits per heavy atom. The van der Waals surface area contributed by atoms with Crippen molar-refractivity contribution in [2.75, 3.05) is 20.3 Å². The third-order valence-corrected chi connectivity index (χ3v) is 4.56. The first-order valence-corrected chi connectivity index (χ1v) is 8.68. The smallest absolute Gasteiger partial charge is 0.124 e. The Balaban J connectivity index is 2.05. The van der Waals surface area contributed by atoms with Gasteiger partial charge in [-0.2, -0.15) is 0 Å². The van der Waals surface area contributed by atoms with Gasteiger partial charge in [-0.15, -0.1) is 0 Å². The molecule has 0 saturated carbocycles. The van der Waals surface area contributed by atoms with E-state index in [1.54, 1.807) is 7.11 Å². The van der Waals surface area contributed by atoms with Crippen molar-refractivity contribution in [3.05, 3.63) is 77.4 Å². The number of hydrogen-bond donors (Lipinski definition) is 2. The van der Waals surface area contributed by atoms with Crippen molar-refractivity contribution in [1.29, 1.82) is 0 Å². The van der Waals surface area contributed by atoms with Gasteiger partial charge in [0.15, 0.2) is 0 Å². The lowest BCUT2D eigenvalue weighted by Crippen LogP contribution is -2.27. The highest BCUT2D eigenvalue weighted by molar-refractivity contribution is 5.88. The topological polar surface area (TPSA) is 41.5 Å². The molecule has 0 bridgehead atoms. The monoisotopic (exact) mass is 335 g/mol. The van der Waals surface area contributed by atoms with E-state index in [9.17, 15) is 5.11 Å². The zero-order chi connectivity index (χ0) is 17.6. The van der Waals surface area contributed by atoms with Crippen molar-refractivity contribution in [3.63, 3.8) is 0 Å². The van der Waals surface area contributed by atoms with Gasteiger partial charge < -0.3 is 15.2 Å². The molecular weight excluding hydrogens is 310 g/mol. The minimum absolute atomic E-state index is 0.0657. The van der Waals surface area contributed by atoms with E-state index < -0.39 is 0 Å². The lowest BCUT2D eigenvalue weighted by Gasteiger charge is -2.23. The average Bonchev–Trinajstić information content (AvgIpc) is 2.66. The third-order valence-electron chi connectivity index (χ3n) is 4.56. The highest BCUT2D eigenvalue weighted by atomic mass is 16.5. The summed E-state index contributed by atoms with van der Waals surface area (Å²) in [6.45, 7) is 2.75. The molecule has 0 aliphatic heterocycles. The number of benzene rings is 3. The van der Waals surface area contributed by atoms with Crippen molar-refractivity contribution in [2.45, 2.75) is 19.4 Å². The van der Waals surface area contributed by atoms with Crippen LogP contribution >= 0.6 is 0 Å².